The highest BCUT2D eigenvalue weighted by Gasteiger charge is 1.99. The van der Waals surface area contributed by atoms with Crippen LogP contribution in [0.4, 0.5) is 0 Å². The molecular weight excluding hydrogens is 244 g/mol. The van der Waals surface area contributed by atoms with Crippen LogP contribution in [-0.4, -0.2) is 0 Å². The first-order valence-corrected chi connectivity index (χ1v) is 6.56. The molecule has 1 nitrogen and oxygen atoms in total. The molecule has 0 saturated carbocycles. The van der Waals surface area contributed by atoms with Crippen LogP contribution in [0.3, 0.4) is 0 Å². The third kappa shape index (κ3) is 3.51. The van der Waals surface area contributed by atoms with Gasteiger partial charge in [-0.05, 0) is 37.1 Å². The quantitative estimate of drug-likeness (QED) is 0.729. The Labute approximate surface area is 113 Å². The number of rotatable bonds is 4. The van der Waals surface area contributed by atoms with Crippen molar-refractivity contribution >= 4 is 11.6 Å². The molecule has 0 saturated heterocycles. The lowest BCUT2D eigenvalue weighted by atomic mass is 10.1. The Morgan fingerprint density at radius 3 is 2.33 bits per heavy atom. The number of benzene rings is 2. The van der Waals surface area contributed by atoms with Crippen LogP contribution in [0, 0.1) is 13.8 Å². The van der Waals surface area contributed by atoms with E-state index in [0.717, 1.165) is 11.3 Å². The van der Waals surface area contributed by atoms with E-state index in [1.807, 2.05) is 24.3 Å². The minimum atomic E-state index is 0.515. The first kappa shape index (κ1) is 13.0. The number of ether oxygens (including phenoxy) is 1. The number of aryl methyl sites for hydroxylation is 2. The second-order valence-corrected chi connectivity index (χ2v) is 4.83. The summed E-state index contributed by atoms with van der Waals surface area (Å²) in [5, 5.41) is 0. The standard InChI is InChI=1S/C16H17ClO/c1-12-6-13(2)8-15(7-12)11-18-16-5-3-4-14(9-16)10-17/h3-9H,10-11H2,1-2H3. The van der Waals surface area contributed by atoms with Gasteiger partial charge >= 0.3 is 0 Å². The molecule has 0 amide bonds. The fourth-order valence-electron chi connectivity index (χ4n) is 2.04. The summed E-state index contributed by atoms with van der Waals surface area (Å²) in [5.41, 5.74) is 4.81. The Balaban J connectivity index is 2.06. The van der Waals surface area contributed by atoms with Crippen molar-refractivity contribution in [2.45, 2.75) is 26.3 Å². The normalized spacial score (nSPS) is 10.4. The van der Waals surface area contributed by atoms with E-state index >= 15 is 0 Å². The van der Waals surface area contributed by atoms with Gasteiger partial charge in [0.15, 0.2) is 0 Å². The van der Waals surface area contributed by atoms with Crippen LogP contribution in [0.15, 0.2) is 42.5 Å². The van der Waals surface area contributed by atoms with Gasteiger partial charge in [0, 0.05) is 5.88 Å². The van der Waals surface area contributed by atoms with E-state index < -0.39 is 0 Å². The van der Waals surface area contributed by atoms with Crippen molar-refractivity contribution < 1.29 is 4.74 Å². The highest BCUT2D eigenvalue weighted by Crippen LogP contribution is 2.17. The fraction of sp³-hybridized carbons (Fsp3) is 0.250. The van der Waals surface area contributed by atoms with Gasteiger partial charge in [0.2, 0.25) is 0 Å². The van der Waals surface area contributed by atoms with Gasteiger partial charge in [-0.15, -0.1) is 11.6 Å². The molecule has 0 aromatic heterocycles. The number of hydrogen-bond acceptors (Lipinski definition) is 1. The van der Waals surface area contributed by atoms with Gasteiger partial charge in [0.1, 0.15) is 12.4 Å². The summed E-state index contributed by atoms with van der Waals surface area (Å²) in [5.74, 6) is 1.38. The molecule has 0 heterocycles. The molecule has 0 N–H and O–H groups in total. The van der Waals surface area contributed by atoms with Crippen molar-refractivity contribution in [2.75, 3.05) is 0 Å². The average Bonchev–Trinajstić information content (AvgIpc) is 2.35. The smallest absolute Gasteiger partial charge is 0.120 e. The monoisotopic (exact) mass is 260 g/mol. The van der Waals surface area contributed by atoms with Crippen LogP contribution in [0.25, 0.3) is 0 Å². The number of alkyl halides is 1. The van der Waals surface area contributed by atoms with Gasteiger partial charge < -0.3 is 4.74 Å². The number of halogens is 1. The molecule has 0 atom stereocenters. The summed E-state index contributed by atoms with van der Waals surface area (Å²) >= 11 is 5.80. The fourth-order valence-corrected chi connectivity index (χ4v) is 2.20. The van der Waals surface area contributed by atoms with Crippen molar-refractivity contribution in [2.24, 2.45) is 0 Å². The summed E-state index contributed by atoms with van der Waals surface area (Å²) in [6.45, 7) is 4.80. The molecule has 2 aromatic rings. The summed E-state index contributed by atoms with van der Waals surface area (Å²) in [7, 11) is 0. The Morgan fingerprint density at radius 1 is 0.944 bits per heavy atom. The molecule has 18 heavy (non-hydrogen) atoms. The zero-order chi connectivity index (χ0) is 13.0. The van der Waals surface area contributed by atoms with E-state index in [9.17, 15) is 0 Å². The zero-order valence-corrected chi connectivity index (χ0v) is 11.5. The SMILES string of the molecule is Cc1cc(C)cc(COc2cccc(CCl)c2)c1. The predicted octanol–water partition coefficient (Wildman–Crippen LogP) is 4.62. The molecule has 0 unspecified atom stereocenters. The summed E-state index contributed by atoms with van der Waals surface area (Å²) in [4.78, 5) is 0. The molecule has 2 rings (SSSR count). The minimum Gasteiger partial charge on any atom is -0.489 e. The lowest BCUT2D eigenvalue weighted by Gasteiger charge is -2.09. The van der Waals surface area contributed by atoms with Gasteiger partial charge in [-0.25, -0.2) is 0 Å². The Morgan fingerprint density at radius 2 is 1.67 bits per heavy atom. The van der Waals surface area contributed by atoms with Crippen LogP contribution in [0.5, 0.6) is 5.75 Å². The van der Waals surface area contributed by atoms with Crippen molar-refractivity contribution in [3.05, 3.63) is 64.7 Å². The molecule has 0 bridgehead atoms. The summed E-state index contributed by atoms with van der Waals surface area (Å²) in [6, 6.07) is 14.4. The molecule has 0 spiro atoms. The van der Waals surface area contributed by atoms with Crippen LogP contribution in [0.2, 0.25) is 0 Å². The van der Waals surface area contributed by atoms with Crippen LogP contribution in [-0.2, 0) is 12.5 Å². The van der Waals surface area contributed by atoms with Gasteiger partial charge in [0.05, 0.1) is 0 Å². The predicted molar refractivity (Wildman–Crippen MR) is 76.2 cm³/mol. The first-order chi connectivity index (χ1) is 8.67. The average molecular weight is 261 g/mol. The summed E-state index contributed by atoms with van der Waals surface area (Å²) < 4.78 is 5.79. The lowest BCUT2D eigenvalue weighted by molar-refractivity contribution is 0.306. The zero-order valence-electron chi connectivity index (χ0n) is 10.7. The van der Waals surface area contributed by atoms with Crippen LogP contribution < -0.4 is 4.74 Å². The van der Waals surface area contributed by atoms with Gasteiger partial charge in [-0.2, -0.15) is 0 Å². The maximum Gasteiger partial charge on any atom is 0.120 e. The minimum absolute atomic E-state index is 0.515. The summed E-state index contributed by atoms with van der Waals surface area (Å²) in [6.07, 6.45) is 0. The van der Waals surface area contributed by atoms with Crippen LogP contribution >= 0.6 is 11.6 Å². The van der Waals surface area contributed by atoms with Crippen molar-refractivity contribution in [1.82, 2.24) is 0 Å². The van der Waals surface area contributed by atoms with E-state index in [2.05, 4.69) is 32.0 Å². The van der Waals surface area contributed by atoms with E-state index in [4.69, 9.17) is 16.3 Å². The van der Waals surface area contributed by atoms with Crippen molar-refractivity contribution in [3.63, 3.8) is 0 Å². The van der Waals surface area contributed by atoms with Crippen molar-refractivity contribution in [3.8, 4) is 5.75 Å². The van der Waals surface area contributed by atoms with Gasteiger partial charge in [-0.3, -0.25) is 0 Å². The molecule has 2 aromatic carbocycles. The molecule has 0 radical (unpaired) electrons. The molecular formula is C16H17ClO. The van der Waals surface area contributed by atoms with E-state index in [1.54, 1.807) is 0 Å². The maximum atomic E-state index is 5.80. The highest BCUT2D eigenvalue weighted by atomic mass is 35.5. The second-order valence-electron chi connectivity index (χ2n) is 4.57. The van der Waals surface area contributed by atoms with E-state index in [0.29, 0.717) is 12.5 Å². The topological polar surface area (TPSA) is 9.23 Å². The van der Waals surface area contributed by atoms with Gasteiger partial charge in [0.25, 0.3) is 0 Å². The third-order valence-corrected chi connectivity index (χ3v) is 3.05. The Bertz CT molecular complexity index is 514. The Kier molecular flexibility index (Phi) is 4.27. The van der Waals surface area contributed by atoms with Crippen molar-refractivity contribution in [1.29, 1.82) is 0 Å². The first-order valence-electron chi connectivity index (χ1n) is 6.02. The highest BCUT2D eigenvalue weighted by molar-refractivity contribution is 6.17. The maximum absolute atomic E-state index is 5.80. The van der Waals surface area contributed by atoms with Gasteiger partial charge in [-0.1, -0.05) is 41.5 Å². The molecule has 94 valence electrons. The van der Waals surface area contributed by atoms with E-state index in [1.165, 1.54) is 16.7 Å². The molecule has 0 aliphatic heterocycles. The largest absolute Gasteiger partial charge is 0.489 e. The number of hydrogen-bond donors (Lipinski definition) is 0. The lowest BCUT2D eigenvalue weighted by Crippen LogP contribution is -1.97. The third-order valence-electron chi connectivity index (χ3n) is 2.74. The Hall–Kier alpha value is -1.47. The molecule has 0 aliphatic carbocycles. The molecule has 0 fully saturated rings. The van der Waals surface area contributed by atoms with E-state index in [-0.39, 0.29) is 0 Å². The molecule has 2 heteroatoms. The second kappa shape index (κ2) is 5.92. The molecule has 0 aliphatic rings. The van der Waals surface area contributed by atoms with Crippen LogP contribution in [0.1, 0.15) is 22.3 Å².